The Balaban J connectivity index is 1.79. The third-order valence-corrected chi connectivity index (χ3v) is 4.24. The molecule has 0 N–H and O–H groups in total. The van der Waals surface area contributed by atoms with Gasteiger partial charge in [-0.3, -0.25) is 4.98 Å². The number of rotatable bonds is 2. The number of nitrogens with zero attached hydrogens (tertiary/aromatic N) is 5. The lowest BCUT2D eigenvalue weighted by Gasteiger charge is -2.20. The molecule has 0 radical (unpaired) electrons. The van der Waals surface area contributed by atoms with Gasteiger partial charge in [-0.25, -0.2) is 19.2 Å². The number of cyclic esters (lactones) is 1. The number of aromatic nitrogens is 4. The van der Waals surface area contributed by atoms with E-state index < -0.39 is 6.09 Å². The highest BCUT2D eigenvalue weighted by atomic mass is 79.9. The zero-order chi connectivity index (χ0) is 16.0. The van der Waals surface area contributed by atoms with Crippen LogP contribution in [0.25, 0.3) is 5.65 Å². The van der Waals surface area contributed by atoms with Crippen LogP contribution in [0.15, 0.2) is 41.1 Å². The normalized spacial score (nSPS) is 17.7. The van der Waals surface area contributed by atoms with Crippen molar-refractivity contribution in [1.29, 1.82) is 0 Å². The molecule has 3 aromatic heterocycles. The molecule has 1 fully saturated rings. The molecule has 1 aliphatic rings. The number of fused-ring (bicyclic) bond motifs is 1. The number of halogens is 1. The van der Waals surface area contributed by atoms with Gasteiger partial charge in [-0.2, -0.15) is 5.10 Å². The maximum absolute atomic E-state index is 12.2. The van der Waals surface area contributed by atoms with E-state index in [1.165, 1.54) is 4.90 Å². The lowest BCUT2D eigenvalue weighted by molar-refractivity contribution is 0.178. The summed E-state index contributed by atoms with van der Waals surface area (Å²) in [5.41, 5.74) is 2.31. The molecule has 3 aromatic rings. The maximum Gasteiger partial charge on any atom is 0.416 e. The lowest BCUT2D eigenvalue weighted by Crippen LogP contribution is -2.29. The highest BCUT2D eigenvalue weighted by Crippen LogP contribution is 2.31. The average Bonchev–Trinajstić information content (AvgIpc) is 3.11. The van der Waals surface area contributed by atoms with Gasteiger partial charge in [-0.05, 0) is 41.1 Å². The summed E-state index contributed by atoms with van der Waals surface area (Å²) in [6.07, 6.45) is 2.99. The number of pyridine rings is 1. The molecular weight excluding hydrogens is 362 g/mol. The number of aryl methyl sites for hydroxylation is 1. The van der Waals surface area contributed by atoms with E-state index in [0.717, 1.165) is 15.9 Å². The van der Waals surface area contributed by atoms with Crippen molar-refractivity contribution in [3.63, 3.8) is 0 Å². The molecule has 0 saturated carbocycles. The number of hydrogen-bond acceptors (Lipinski definition) is 5. The summed E-state index contributed by atoms with van der Waals surface area (Å²) < 4.78 is 7.62. The molecule has 4 heterocycles. The Kier molecular flexibility index (Phi) is 3.26. The van der Waals surface area contributed by atoms with Crippen molar-refractivity contribution in [1.82, 2.24) is 19.6 Å². The molecule has 116 valence electrons. The fraction of sp³-hybridized carbons (Fsp3) is 0.200. The van der Waals surface area contributed by atoms with Gasteiger partial charge in [0, 0.05) is 11.9 Å². The Hall–Kier alpha value is -2.48. The zero-order valence-electron chi connectivity index (χ0n) is 12.2. The number of carbonyl (C=O) groups excluding carboxylic acids is 1. The Bertz CT molecular complexity index is 910. The first-order chi connectivity index (χ1) is 11.1. The van der Waals surface area contributed by atoms with E-state index in [-0.39, 0.29) is 12.6 Å². The number of hydrogen-bond donors (Lipinski definition) is 0. The molecule has 1 amide bonds. The number of anilines is 1. The third kappa shape index (κ3) is 2.35. The van der Waals surface area contributed by atoms with Gasteiger partial charge in [-0.15, -0.1) is 0 Å². The van der Waals surface area contributed by atoms with Crippen LogP contribution in [-0.4, -0.2) is 32.3 Å². The predicted molar refractivity (Wildman–Crippen MR) is 86.2 cm³/mol. The maximum atomic E-state index is 12.2. The van der Waals surface area contributed by atoms with Crippen LogP contribution >= 0.6 is 15.9 Å². The van der Waals surface area contributed by atoms with Crippen LogP contribution in [0, 0.1) is 6.92 Å². The van der Waals surface area contributed by atoms with E-state index in [2.05, 4.69) is 31.0 Å². The van der Waals surface area contributed by atoms with E-state index >= 15 is 0 Å². The third-order valence-electron chi connectivity index (χ3n) is 3.68. The topological polar surface area (TPSA) is 72.6 Å². The van der Waals surface area contributed by atoms with Crippen molar-refractivity contribution in [3.8, 4) is 0 Å². The standard InChI is InChI=1S/C15H12BrN5O2/c1-9-3-2-4-11(18-9)12-8-23-15(22)21(12)13-5-6-20-14(19-13)10(16)7-17-20/h2-7,12H,8H2,1H3/t12-/m1/s1. The molecule has 8 heteroatoms. The quantitative estimate of drug-likeness (QED) is 0.690. The summed E-state index contributed by atoms with van der Waals surface area (Å²) in [6, 6.07) is 7.17. The van der Waals surface area contributed by atoms with Crippen molar-refractivity contribution in [2.75, 3.05) is 11.5 Å². The molecule has 0 aromatic carbocycles. The van der Waals surface area contributed by atoms with Crippen LogP contribution in [0.4, 0.5) is 10.6 Å². The molecule has 1 aliphatic heterocycles. The van der Waals surface area contributed by atoms with E-state index in [9.17, 15) is 4.79 Å². The molecule has 1 atom stereocenters. The zero-order valence-corrected chi connectivity index (χ0v) is 13.8. The van der Waals surface area contributed by atoms with Crippen molar-refractivity contribution in [3.05, 3.63) is 52.5 Å². The van der Waals surface area contributed by atoms with Crippen molar-refractivity contribution >= 4 is 33.5 Å². The van der Waals surface area contributed by atoms with Crippen LogP contribution in [0.1, 0.15) is 17.4 Å². The predicted octanol–water partition coefficient (Wildman–Crippen LogP) is 2.89. The van der Waals surface area contributed by atoms with Gasteiger partial charge in [0.1, 0.15) is 18.5 Å². The molecule has 23 heavy (non-hydrogen) atoms. The van der Waals surface area contributed by atoms with E-state index in [1.807, 2.05) is 25.1 Å². The fourth-order valence-corrected chi connectivity index (χ4v) is 2.97. The Labute approximate surface area is 140 Å². The number of ether oxygens (including phenoxy) is 1. The van der Waals surface area contributed by atoms with E-state index in [4.69, 9.17) is 4.74 Å². The van der Waals surface area contributed by atoms with Gasteiger partial charge in [-0.1, -0.05) is 6.07 Å². The Morgan fingerprint density at radius 2 is 2.17 bits per heavy atom. The van der Waals surface area contributed by atoms with Gasteiger partial charge >= 0.3 is 6.09 Å². The lowest BCUT2D eigenvalue weighted by atomic mass is 10.1. The highest BCUT2D eigenvalue weighted by Gasteiger charge is 2.37. The summed E-state index contributed by atoms with van der Waals surface area (Å²) in [4.78, 5) is 22.8. The molecule has 0 bridgehead atoms. The minimum Gasteiger partial charge on any atom is -0.446 e. The summed E-state index contributed by atoms with van der Waals surface area (Å²) >= 11 is 3.40. The summed E-state index contributed by atoms with van der Waals surface area (Å²) in [7, 11) is 0. The van der Waals surface area contributed by atoms with E-state index in [0.29, 0.717) is 11.5 Å². The summed E-state index contributed by atoms with van der Waals surface area (Å²) in [5.74, 6) is 0.509. The molecule has 0 aliphatic carbocycles. The van der Waals surface area contributed by atoms with Gasteiger partial charge < -0.3 is 4.74 Å². The second kappa shape index (κ2) is 5.31. The molecule has 1 saturated heterocycles. The van der Waals surface area contributed by atoms with Crippen molar-refractivity contribution in [2.24, 2.45) is 0 Å². The van der Waals surface area contributed by atoms with Gasteiger partial charge in [0.25, 0.3) is 0 Å². The minimum absolute atomic E-state index is 0.253. The Morgan fingerprint density at radius 1 is 1.30 bits per heavy atom. The van der Waals surface area contributed by atoms with E-state index in [1.54, 1.807) is 23.0 Å². The summed E-state index contributed by atoms with van der Waals surface area (Å²) in [5, 5.41) is 4.15. The average molecular weight is 374 g/mol. The monoisotopic (exact) mass is 373 g/mol. The first-order valence-electron chi connectivity index (χ1n) is 7.03. The molecule has 0 unspecified atom stereocenters. The summed E-state index contributed by atoms with van der Waals surface area (Å²) in [6.45, 7) is 2.17. The van der Waals surface area contributed by atoms with Crippen LogP contribution in [0.5, 0.6) is 0 Å². The van der Waals surface area contributed by atoms with Crippen molar-refractivity contribution in [2.45, 2.75) is 13.0 Å². The number of carbonyl (C=O) groups is 1. The largest absolute Gasteiger partial charge is 0.446 e. The van der Waals surface area contributed by atoms with Crippen LogP contribution in [0.2, 0.25) is 0 Å². The van der Waals surface area contributed by atoms with Crippen LogP contribution in [-0.2, 0) is 4.74 Å². The molecular formula is C15H12BrN5O2. The Morgan fingerprint density at radius 3 is 3.00 bits per heavy atom. The second-order valence-corrected chi connectivity index (χ2v) is 6.07. The van der Waals surface area contributed by atoms with Crippen LogP contribution in [0.3, 0.4) is 0 Å². The number of amides is 1. The van der Waals surface area contributed by atoms with Crippen LogP contribution < -0.4 is 4.90 Å². The highest BCUT2D eigenvalue weighted by molar-refractivity contribution is 9.10. The SMILES string of the molecule is Cc1cccc([C@H]2COC(=O)N2c2ccn3ncc(Br)c3n2)n1. The first kappa shape index (κ1) is 14.1. The first-order valence-corrected chi connectivity index (χ1v) is 7.82. The fourth-order valence-electron chi connectivity index (χ4n) is 2.61. The molecule has 7 nitrogen and oxygen atoms in total. The molecule has 4 rings (SSSR count). The minimum atomic E-state index is -0.425. The van der Waals surface area contributed by atoms with Crippen molar-refractivity contribution < 1.29 is 9.53 Å². The second-order valence-electron chi connectivity index (χ2n) is 5.21. The van der Waals surface area contributed by atoms with Gasteiger partial charge in [0.2, 0.25) is 0 Å². The van der Waals surface area contributed by atoms with Gasteiger partial charge in [0.05, 0.1) is 16.4 Å². The molecule has 0 spiro atoms. The van der Waals surface area contributed by atoms with Gasteiger partial charge in [0.15, 0.2) is 5.65 Å². The smallest absolute Gasteiger partial charge is 0.416 e.